The van der Waals surface area contributed by atoms with Gasteiger partial charge in [0.2, 0.25) is 0 Å². The molecule has 0 saturated carbocycles. The molecule has 3 N–H and O–H groups in total. The molecule has 0 spiro atoms. The van der Waals surface area contributed by atoms with Gasteiger partial charge in [-0.05, 0) is 31.0 Å². The first kappa shape index (κ1) is 14.0. The van der Waals surface area contributed by atoms with Gasteiger partial charge in [-0.3, -0.25) is 9.59 Å². The largest absolute Gasteiger partial charge is 0.481 e. The number of benzene rings is 1. The first-order chi connectivity index (χ1) is 9.66. The molecule has 0 aliphatic heterocycles. The third-order valence-corrected chi connectivity index (χ3v) is 2.93. The summed E-state index contributed by atoms with van der Waals surface area (Å²) in [4.78, 5) is 22.2. The van der Waals surface area contributed by atoms with Gasteiger partial charge in [-0.1, -0.05) is 6.42 Å². The summed E-state index contributed by atoms with van der Waals surface area (Å²) in [5, 5.41) is 21.6. The van der Waals surface area contributed by atoms with Gasteiger partial charge < -0.3 is 10.4 Å². The third-order valence-electron chi connectivity index (χ3n) is 2.93. The van der Waals surface area contributed by atoms with Crippen LogP contribution in [0.15, 0.2) is 18.2 Å². The van der Waals surface area contributed by atoms with Crippen LogP contribution in [0.1, 0.15) is 36.0 Å². The Morgan fingerprint density at radius 3 is 2.75 bits per heavy atom. The van der Waals surface area contributed by atoms with Crippen LogP contribution >= 0.6 is 0 Å². The lowest BCUT2D eigenvalue weighted by molar-refractivity contribution is -0.137. The van der Waals surface area contributed by atoms with Crippen molar-refractivity contribution >= 4 is 22.9 Å². The fraction of sp³-hybridized carbons (Fsp3) is 0.385. The molecule has 106 valence electrons. The smallest absolute Gasteiger partial charge is 0.303 e. The summed E-state index contributed by atoms with van der Waals surface area (Å²) < 4.78 is 0. The SMILES string of the molecule is O=C(O)CCCCCNC(=O)c1ccc2n[nH]nc2c1. The third kappa shape index (κ3) is 3.78. The van der Waals surface area contributed by atoms with Crippen LogP contribution in [0, 0.1) is 0 Å². The number of carbonyl (C=O) groups is 2. The number of rotatable bonds is 7. The first-order valence-electron chi connectivity index (χ1n) is 6.47. The predicted molar refractivity (Wildman–Crippen MR) is 72.3 cm³/mol. The van der Waals surface area contributed by atoms with Crippen molar-refractivity contribution in [3.8, 4) is 0 Å². The Bertz CT molecular complexity index is 608. The minimum atomic E-state index is -0.782. The van der Waals surface area contributed by atoms with E-state index in [1.807, 2.05) is 0 Å². The van der Waals surface area contributed by atoms with E-state index >= 15 is 0 Å². The van der Waals surface area contributed by atoms with Crippen molar-refractivity contribution < 1.29 is 14.7 Å². The zero-order valence-corrected chi connectivity index (χ0v) is 10.9. The molecule has 1 aromatic carbocycles. The molecular formula is C13H16N4O3. The fourth-order valence-corrected chi connectivity index (χ4v) is 1.86. The molecule has 20 heavy (non-hydrogen) atoms. The van der Waals surface area contributed by atoms with Gasteiger partial charge in [-0.25, -0.2) is 0 Å². The lowest BCUT2D eigenvalue weighted by atomic mass is 10.1. The number of nitrogens with zero attached hydrogens (tertiary/aromatic N) is 2. The number of aromatic nitrogens is 3. The van der Waals surface area contributed by atoms with E-state index in [1.165, 1.54) is 0 Å². The maximum absolute atomic E-state index is 11.9. The van der Waals surface area contributed by atoms with E-state index in [-0.39, 0.29) is 12.3 Å². The van der Waals surface area contributed by atoms with Crippen molar-refractivity contribution in [3.63, 3.8) is 0 Å². The number of H-pyrrole nitrogens is 1. The Hall–Kier alpha value is -2.44. The van der Waals surface area contributed by atoms with Gasteiger partial charge in [0, 0.05) is 18.5 Å². The number of hydrogen-bond donors (Lipinski definition) is 3. The van der Waals surface area contributed by atoms with E-state index in [9.17, 15) is 9.59 Å². The molecule has 7 nitrogen and oxygen atoms in total. The van der Waals surface area contributed by atoms with Crippen LogP contribution in [-0.2, 0) is 4.79 Å². The number of carbonyl (C=O) groups excluding carboxylic acids is 1. The minimum absolute atomic E-state index is 0.159. The number of unbranched alkanes of at least 4 members (excludes halogenated alkanes) is 2. The van der Waals surface area contributed by atoms with Crippen molar-refractivity contribution in [2.45, 2.75) is 25.7 Å². The number of aliphatic carboxylic acids is 1. The molecular weight excluding hydrogens is 260 g/mol. The summed E-state index contributed by atoms with van der Waals surface area (Å²) >= 11 is 0. The molecule has 2 aromatic rings. The number of nitrogens with one attached hydrogen (secondary N) is 2. The molecule has 0 fully saturated rings. The second-order valence-corrected chi connectivity index (χ2v) is 4.49. The maximum atomic E-state index is 11.9. The van der Waals surface area contributed by atoms with Gasteiger partial charge in [-0.15, -0.1) is 0 Å². The second-order valence-electron chi connectivity index (χ2n) is 4.49. The van der Waals surface area contributed by atoms with E-state index in [2.05, 4.69) is 20.7 Å². The molecule has 2 rings (SSSR count). The number of hydrogen-bond acceptors (Lipinski definition) is 4. The molecule has 0 radical (unpaired) electrons. The molecule has 0 bridgehead atoms. The van der Waals surface area contributed by atoms with E-state index in [0.29, 0.717) is 24.0 Å². The number of aromatic amines is 1. The molecule has 0 saturated heterocycles. The van der Waals surface area contributed by atoms with Crippen molar-refractivity contribution in [3.05, 3.63) is 23.8 Å². The summed E-state index contributed by atoms with van der Waals surface area (Å²) in [6.45, 7) is 0.537. The number of carboxylic acid groups (broad SMARTS) is 1. The Morgan fingerprint density at radius 1 is 1.15 bits per heavy atom. The first-order valence-corrected chi connectivity index (χ1v) is 6.47. The zero-order valence-electron chi connectivity index (χ0n) is 10.9. The van der Waals surface area contributed by atoms with Crippen molar-refractivity contribution in [2.75, 3.05) is 6.54 Å². The molecule has 0 aliphatic carbocycles. The second kappa shape index (κ2) is 6.65. The molecule has 0 unspecified atom stereocenters. The summed E-state index contributed by atoms with van der Waals surface area (Å²) in [7, 11) is 0. The standard InChI is InChI=1S/C13H16N4O3/c18-12(19)4-2-1-3-7-14-13(20)9-5-6-10-11(8-9)16-17-15-10/h5-6,8H,1-4,7H2,(H,14,20)(H,18,19)(H,15,16,17). The normalized spacial score (nSPS) is 10.6. The monoisotopic (exact) mass is 276 g/mol. The Morgan fingerprint density at radius 2 is 1.95 bits per heavy atom. The Labute approximate surface area is 115 Å². The van der Waals surface area contributed by atoms with Crippen LogP contribution in [0.4, 0.5) is 0 Å². The molecule has 1 heterocycles. The summed E-state index contributed by atoms with van der Waals surface area (Å²) in [6.07, 6.45) is 2.37. The topological polar surface area (TPSA) is 108 Å². The van der Waals surface area contributed by atoms with Crippen LogP contribution in [0.25, 0.3) is 11.0 Å². The van der Waals surface area contributed by atoms with Crippen molar-refractivity contribution in [1.29, 1.82) is 0 Å². The summed E-state index contributed by atoms with van der Waals surface area (Å²) in [5.74, 6) is -0.942. The quantitative estimate of drug-likeness (QED) is 0.661. The number of carboxylic acids is 1. The fourth-order valence-electron chi connectivity index (χ4n) is 1.86. The maximum Gasteiger partial charge on any atom is 0.303 e. The van der Waals surface area contributed by atoms with Gasteiger partial charge in [0.15, 0.2) is 0 Å². The van der Waals surface area contributed by atoms with Crippen LogP contribution in [0.3, 0.4) is 0 Å². The lowest BCUT2D eigenvalue weighted by Crippen LogP contribution is -2.24. The van der Waals surface area contributed by atoms with Gasteiger partial charge in [0.05, 0.1) is 0 Å². The summed E-state index contributed by atoms with van der Waals surface area (Å²) in [5.41, 5.74) is 1.91. The minimum Gasteiger partial charge on any atom is -0.481 e. The number of fused-ring (bicyclic) bond motifs is 1. The van der Waals surface area contributed by atoms with Gasteiger partial charge in [0.1, 0.15) is 11.0 Å². The van der Waals surface area contributed by atoms with E-state index < -0.39 is 5.97 Å². The highest BCUT2D eigenvalue weighted by Gasteiger charge is 2.07. The van der Waals surface area contributed by atoms with Gasteiger partial charge >= 0.3 is 5.97 Å². The molecule has 7 heteroatoms. The molecule has 1 amide bonds. The average Bonchev–Trinajstić information content (AvgIpc) is 2.89. The number of amides is 1. The van der Waals surface area contributed by atoms with Crippen LogP contribution in [0.5, 0.6) is 0 Å². The van der Waals surface area contributed by atoms with E-state index in [1.54, 1.807) is 18.2 Å². The highest BCUT2D eigenvalue weighted by molar-refractivity contribution is 5.97. The Balaban J connectivity index is 1.75. The molecule has 0 atom stereocenters. The van der Waals surface area contributed by atoms with E-state index in [4.69, 9.17) is 5.11 Å². The van der Waals surface area contributed by atoms with Crippen LogP contribution in [-0.4, -0.2) is 38.9 Å². The Kier molecular flexibility index (Phi) is 4.65. The van der Waals surface area contributed by atoms with Gasteiger partial charge in [0.25, 0.3) is 5.91 Å². The molecule has 0 aliphatic rings. The highest BCUT2D eigenvalue weighted by atomic mass is 16.4. The van der Waals surface area contributed by atoms with Crippen molar-refractivity contribution in [2.24, 2.45) is 0 Å². The lowest BCUT2D eigenvalue weighted by Gasteiger charge is -2.04. The predicted octanol–water partition coefficient (Wildman–Crippen LogP) is 1.33. The van der Waals surface area contributed by atoms with Gasteiger partial charge in [-0.2, -0.15) is 15.4 Å². The van der Waals surface area contributed by atoms with E-state index in [0.717, 1.165) is 18.4 Å². The molecule has 1 aromatic heterocycles. The van der Waals surface area contributed by atoms with Crippen LogP contribution < -0.4 is 5.32 Å². The zero-order chi connectivity index (χ0) is 14.4. The highest BCUT2D eigenvalue weighted by Crippen LogP contribution is 2.10. The van der Waals surface area contributed by atoms with Crippen molar-refractivity contribution in [1.82, 2.24) is 20.7 Å². The van der Waals surface area contributed by atoms with Crippen LogP contribution in [0.2, 0.25) is 0 Å². The average molecular weight is 276 g/mol. The summed E-state index contributed by atoms with van der Waals surface area (Å²) in [6, 6.07) is 5.11.